The highest BCUT2D eigenvalue weighted by atomic mass is 35.5. The van der Waals surface area contributed by atoms with Crippen molar-refractivity contribution < 1.29 is 9.53 Å². The van der Waals surface area contributed by atoms with Gasteiger partial charge in [0.05, 0.1) is 17.1 Å². The summed E-state index contributed by atoms with van der Waals surface area (Å²) in [4.78, 5) is 15.3. The lowest BCUT2D eigenvalue weighted by atomic mass is 10.0. The first-order valence-electron chi connectivity index (χ1n) is 11.4. The van der Waals surface area contributed by atoms with Gasteiger partial charge in [0.1, 0.15) is 11.4 Å². The van der Waals surface area contributed by atoms with Crippen LogP contribution in [0.5, 0.6) is 11.6 Å². The first kappa shape index (κ1) is 22.4. The van der Waals surface area contributed by atoms with Gasteiger partial charge in [0.2, 0.25) is 11.8 Å². The maximum atomic E-state index is 13.4. The summed E-state index contributed by atoms with van der Waals surface area (Å²) < 4.78 is 8.03. The summed E-state index contributed by atoms with van der Waals surface area (Å²) in [5.74, 6) is 1.56. The molecule has 1 saturated carbocycles. The predicted molar refractivity (Wildman–Crippen MR) is 128 cm³/mol. The zero-order valence-electron chi connectivity index (χ0n) is 18.8. The summed E-state index contributed by atoms with van der Waals surface area (Å²) in [6, 6.07) is 17.5. The van der Waals surface area contributed by atoms with E-state index in [2.05, 4.69) is 6.92 Å². The summed E-state index contributed by atoms with van der Waals surface area (Å²) in [5.41, 5.74) is 2.73. The number of benzene rings is 2. The molecule has 32 heavy (non-hydrogen) atoms. The summed E-state index contributed by atoms with van der Waals surface area (Å²) in [7, 11) is 1.87. The third-order valence-corrected chi connectivity index (χ3v) is 6.35. The predicted octanol–water partition coefficient (Wildman–Crippen LogP) is 6.46. The summed E-state index contributed by atoms with van der Waals surface area (Å²) in [5, 5.41) is 5.32. The molecule has 3 aromatic rings. The van der Waals surface area contributed by atoms with Gasteiger partial charge in [0.25, 0.3) is 0 Å². The van der Waals surface area contributed by atoms with E-state index in [0.29, 0.717) is 29.7 Å². The van der Waals surface area contributed by atoms with Crippen molar-refractivity contribution >= 4 is 17.5 Å². The van der Waals surface area contributed by atoms with E-state index in [4.69, 9.17) is 21.4 Å². The van der Waals surface area contributed by atoms with Crippen molar-refractivity contribution in [3.8, 4) is 22.9 Å². The Balaban J connectivity index is 1.74. The molecule has 1 aliphatic rings. The molecule has 0 spiro atoms. The summed E-state index contributed by atoms with van der Waals surface area (Å²) in [6.07, 6.45) is 5.15. The van der Waals surface area contributed by atoms with E-state index in [-0.39, 0.29) is 11.8 Å². The molecule has 4 rings (SSSR count). The Morgan fingerprint density at radius 1 is 1.12 bits per heavy atom. The Kier molecular flexibility index (Phi) is 7.15. The second-order valence-electron chi connectivity index (χ2n) is 8.40. The molecule has 0 saturated heterocycles. The van der Waals surface area contributed by atoms with Gasteiger partial charge in [-0.2, -0.15) is 5.10 Å². The minimum absolute atomic E-state index is 0.131. The van der Waals surface area contributed by atoms with Crippen LogP contribution in [0.2, 0.25) is 5.02 Å². The van der Waals surface area contributed by atoms with E-state index >= 15 is 0 Å². The average Bonchev–Trinajstić information content (AvgIpc) is 3.45. The zero-order chi connectivity index (χ0) is 22.5. The average molecular weight is 452 g/mol. The van der Waals surface area contributed by atoms with Gasteiger partial charge in [-0.25, -0.2) is 4.68 Å². The summed E-state index contributed by atoms with van der Waals surface area (Å²) in [6.45, 7) is 3.28. The maximum absolute atomic E-state index is 13.4. The maximum Gasteiger partial charge on any atom is 0.225 e. The lowest BCUT2D eigenvalue weighted by Gasteiger charge is -2.26. The Labute approximate surface area is 194 Å². The molecule has 0 atom stereocenters. The highest BCUT2D eigenvalue weighted by Gasteiger charge is 2.30. The molecule has 6 heteroatoms. The van der Waals surface area contributed by atoms with Gasteiger partial charge in [-0.05, 0) is 31.4 Å². The van der Waals surface area contributed by atoms with Crippen LogP contribution >= 0.6 is 11.6 Å². The number of aryl methyl sites for hydroxylation is 1. The van der Waals surface area contributed by atoms with Crippen molar-refractivity contribution in [1.82, 2.24) is 14.7 Å². The van der Waals surface area contributed by atoms with Gasteiger partial charge in [-0.1, -0.05) is 73.8 Å². The van der Waals surface area contributed by atoms with Crippen LogP contribution in [0.15, 0.2) is 54.6 Å². The Morgan fingerprint density at radius 3 is 2.50 bits per heavy atom. The van der Waals surface area contributed by atoms with Crippen LogP contribution in [0.1, 0.15) is 44.6 Å². The van der Waals surface area contributed by atoms with E-state index in [1.165, 1.54) is 0 Å². The molecule has 1 amide bonds. The van der Waals surface area contributed by atoms with Gasteiger partial charge in [0, 0.05) is 25.1 Å². The lowest BCUT2D eigenvalue weighted by molar-refractivity contribution is -0.136. The molecule has 1 heterocycles. The molecular weight excluding hydrogens is 422 g/mol. The number of carbonyl (C=O) groups excluding carboxylic acids is 1. The normalized spacial score (nSPS) is 14.0. The number of hydrogen-bond acceptors (Lipinski definition) is 3. The largest absolute Gasteiger partial charge is 0.437 e. The first-order chi connectivity index (χ1) is 15.6. The van der Waals surface area contributed by atoms with Gasteiger partial charge >= 0.3 is 0 Å². The number of hydrogen-bond donors (Lipinski definition) is 0. The molecule has 168 valence electrons. The molecule has 1 fully saturated rings. The number of para-hydroxylation sites is 1. The van der Waals surface area contributed by atoms with Crippen molar-refractivity contribution in [3.63, 3.8) is 0 Å². The molecule has 2 aromatic carbocycles. The molecule has 5 nitrogen and oxygen atoms in total. The van der Waals surface area contributed by atoms with E-state index in [0.717, 1.165) is 48.9 Å². The van der Waals surface area contributed by atoms with Gasteiger partial charge in [-0.15, -0.1) is 0 Å². The van der Waals surface area contributed by atoms with Crippen LogP contribution in [-0.2, 0) is 18.4 Å². The van der Waals surface area contributed by atoms with Crippen LogP contribution in [0.4, 0.5) is 0 Å². The Hall–Kier alpha value is -2.79. The van der Waals surface area contributed by atoms with Crippen LogP contribution < -0.4 is 4.74 Å². The number of ether oxygens (including phenoxy) is 1. The van der Waals surface area contributed by atoms with E-state index in [1.807, 2.05) is 60.5 Å². The third-order valence-electron chi connectivity index (χ3n) is 6.04. The number of aromatic nitrogens is 2. The number of nitrogens with zero attached hydrogens (tertiary/aromatic N) is 3. The quantitative estimate of drug-likeness (QED) is 0.394. The minimum atomic E-state index is 0.131. The number of carbonyl (C=O) groups is 1. The molecule has 1 aliphatic carbocycles. The lowest BCUT2D eigenvalue weighted by Crippen LogP contribution is -2.35. The van der Waals surface area contributed by atoms with Crippen molar-refractivity contribution in [2.75, 3.05) is 6.54 Å². The molecular formula is C26H30ClN3O2. The minimum Gasteiger partial charge on any atom is -0.437 e. The highest BCUT2D eigenvalue weighted by Crippen LogP contribution is 2.37. The number of amides is 1. The second kappa shape index (κ2) is 10.2. The van der Waals surface area contributed by atoms with Crippen molar-refractivity contribution in [2.24, 2.45) is 13.0 Å². The topological polar surface area (TPSA) is 47.4 Å². The van der Waals surface area contributed by atoms with Gasteiger partial charge in [0.15, 0.2) is 0 Å². The van der Waals surface area contributed by atoms with Crippen LogP contribution in [-0.4, -0.2) is 27.1 Å². The van der Waals surface area contributed by atoms with Gasteiger partial charge in [-0.3, -0.25) is 4.79 Å². The van der Waals surface area contributed by atoms with E-state index < -0.39 is 0 Å². The zero-order valence-corrected chi connectivity index (χ0v) is 19.5. The molecule has 0 N–H and O–H groups in total. The molecule has 0 unspecified atom stereocenters. The highest BCUT2D eigenvalue weighted by molar-refractivity contribution is 6.32. The molecule has 1 aromatic heterocycles. The third kappa shape index (κ3) is 4.83. The van der Waals surface area contributed by atoms with Crippen molar-refractivity contribution in [3.05, 3.63) is 65.2 Å². The standard InChI is InChI=1S/C26H30ClN3O2/c1-3-17-30(25(31)20-13-7-8-14-20)18-21-24(19-11-5-4-6-12-19)28-29(2)26(21)32-23-16-10-9-15-22(23)27/h4-6,9-12,15-16,20H,3,7-8,13-14,17-18H2,1-2H3. The Morgan fingerprint density at radius 2 is 1.81 bits per heavy atom. The van der Waals surface area contributed by atoms with Crippen molar-refractivity contribution in [2.45, 2.75) is 45.6 Å². The Bertz CT molecular complexity index is 1060. The van der Waals surface area contributed by atoms with Crippen molar-refractivity contribution in [1.29, 1.82) is 0 Å². The molecule has 0 radical (unpaired) electrons. The monoisotopic (exact) mass is 451 g/mol. The number of rotatable bonds is 8. The first-order valence-corrected chi connectivity index (χ1v) is 11.8. The fourth-order valence-corrected chi connectivity index (χ4v) is 4.62. The van der Waals surface area contributed by atoms with E-state index in [9.17, 15) is 4.79 Å². The summed E-state index contributed by atoms with van der Waals surface area (Å²) >= 11 is 6.38. The van der Waals surface area contributed by atoms with E-state index in [1.54, 1.807) is 10.7 Å². The van der Waals surface area contributed by atoms with Gasteiger partial charge < -0.3 is 9.64 Å². The van der Waals surface area contributed by atoms with Crippen LogP contribution in [0.25, 0.3) is 11.3 Å². The fourth-order valence-electron chi connectivity index (χ4n) is 4.44. The molecule has 0 aliphatic heterocycles. The molecule has 0 bridgehead atoms. The fraction of sp³-hybridized carbons (Fsp3) is 0.385. The van der Waals surface area contributed by atoms with Crippen LogP contribution in [0.3, 0.4) is 0 Å². The number of halogens is 1. The second-order valence-corrected chi connectivity index (χ2v) is 8.80. The smallest absolute Gasteiger partial charge is 0.225 e. The van der Waals surface area contributed by atoms with Crippen LogP contribution in [0, 0.1) is 5.92 Å². The SMILES string of the molecule is CCCN(Cc1c(-c2ccccc2)nn(C)c1Oc1ccccc1Cl)C(=O)C1CCCC1.